The summed E-state index contributed by atoms with van der Waals surface area (Å²) in [6.07, 6.45) is 1.87. The molecule has 3 rings (SSSR count). The number of hydrogen-bond donors (Lipinski definition) is 1. The van der Waals surface area contributed by atoms with Crippen LogP contribution in [0.2, 0.25) is 0 Å². The van der Waals surface area contributed by atoms with Crippen LogP contribution in [0.4, 0.5) is 11.4 Å². The maximum absolute atomic E-state index is 12.8. The first-order valence-electron chi connectivity index (χ1n) is 8.44. The first-order valence-corrected chi connectivity index (χ1v) is 8.44. The van der Waals surface area contributed by atoms with Crippen LogP contribution < -0.4 is 19.7 Å². The van der Waals surface area contributed by atoms with Crippen molar-refractivity contribution in [3.05, 3.63) is 48.0 Å². The summed E-state index contributed by atoms with van der Waals surface area (Å²) in [5.41, 5.74) is 1.81. The topological polar surface area (TPSA) is 67.9 Å². The number of methoxy groups -OCH3 is 2. The molecule has 6 nitrogen and oxygen atoms in total. The molecule has 1 fully saturated rings. The van der Waals surface area contributed by atoms with Gasteiger partial charge in [0, 0.05) is 36.0 Å². The molecule has 2 aromatic rings. The number of benzene rings is 2. The fraction of sp³-hybridized carbons (Fsp3) is 0.300. The van der Waals surface area contributed by atoms with Gasteiger partial charge in [-0.05, 0) is 43.2 Å². The Morgan fingerprint density at radius 3 is 2.42 bits per heavy atom. The second-order valence-electron chi connectivity index (χ2n) is 6.25. The second kappa shape index (κ2) is 7.47. The van der Waals surface area contributed by atoms with Crippen LogP contribution in [0.25, 0.3) is 0 Å². The Labute approximate surface area is 152 Å². The van der Waals surface area contributed by atoms with E-state index < -0.39 is 0 Å². The minimum Gasteiger partial charge on any atom is -0.493 e. The van der Waals surface area contributed by atoms with Crippen LogP contribution in [0.1, 0.15) is 23.2 Å². The van der Waals surface area contributed by atoms with Gasteiger partial charge in [0.25, 0.3) is 5.91 Å². The number of nitrogens with zero attached hydrogens (tertiary/aromatic N) is 1. The highest BCUT2D eigenvalue weighted by atomic mass is 16.5. The number of carbonyl (C=O) groups is 2. The highest BCUT2D eigenvalue weighted by molar-refractivity contribution is 6.07. The zero-order valence-electron chi connectivity index (χ0n) is 15.1. The summed E-state index contributed by atoms with van der Waals surface area (Å²) in [6.45, 7) is 0. The fourth-order valence-corrected chi connectivity index (χ4v) is 2.66. The molecule has 0 bridgehead atoms. The average Bonchev–Trinajstić information content (AvgIpc) is 3.51. The molecule has 0 aliphatic heterocycles. The largest absolute Gasteiger partial charge is 0.493 e. The van der Waals surface area contributed by atoms with Crippen molar-refractivity contribution < 1.29 is 19.1 Å². The quantitative estimate of drug-likeness (QED) is 0.864. The van der Waals surface area contributed by atoms with Crippen LogP contribution in [0.5, 0.6) is 11.5 Å². The van der Waals surface area contributed by atoms with Gasteiger partial charge in [0.2, 0.25) is 5.91 Å². The van der Waals surface area contributed by atoms with Gasteiger partial charge in [-0.3, -0.25) is 9.59 Å². The number of anilines is 2. The molecule has 0 radical (unpaired) electrons. The molecule has 1 saturated carbocycles. The number of rotatable bonds is 6. The Kier molecular flexibility index (Phi) is 5.11. The molecule has 0 saturated heterocycles. The molecule has 2 amide bonds. The molecule has 0 heterocycles. The summed E-state index contributed by atoms with van der Waals surface area (Å²) < 4.78 is 10.5. The van der Waals surface area contributed by atoms with Crippen LogP contribution in [0, 0.1) is 5.92 Å². The van der Waals surface area contributed by atoms with Crippen molar-refractivity contribution in [1.29, 1.82) is 0 Å². The van der Waals surface area contributed by atoms with Crippen molar-refractivity contribution >= 4 is 23.2 Å². The molecular weight excluding hydrogens is 332 g/mol. The number of amides is 2. The second-order valence-corrected chi connectivity index (χ2v) is 6.25. The number of nitrogens with one attached hydrogen (secondary N) is 1. The summed E-state index contributed by atoms with van der Waals surface area (Å²) in [5.74, 6) is 1.10. The summed E-state index contributed by atoms with van der Waals surface area (Å²) in [7, 11) is 4.81. The number of hydrogen-bond acceptors (Lipinski definition) is 4. The van der Waals surface area contributed by atoms with Gasteiger partial charge in [0.1, 0.15) is 0 Å². The fourth-order valence-electron chi connectivity index (χ4n) is 2.66. The Morgan fingerprint density at radius 2 is 1.77 bits per heavy atom. The molecular formula is C20H22N2O4. The van der Waals surface area contributed by atoms with E-state index in [1.165, 1.54) is 4.90 Å². The van der Waals surface area contributed by atoms with Crippen LogP contribution in [-0.2, 0) is 4.79 Å². The first kappa shape index (κ1) is 17.8. The van der Waals surface area contributed by atoms with E-state index in [2.05, 4.69) is 5.32 Å². The monoisotopic (exact) mass is 354 g/mol. The maximum Gasteiger partial charge on any atom is 0.258 e. The predicted octanol–water partition coefficient (Wildman–Crippen LogP) is 3.33. The summed E-state index contributed by atoms with van der Waals surface area (Å²) in [6, 6.07) is 12.3. The Morgan fingerprint density at radius 1 is 1.04 bits per heavy atom. The molecule has 1 aliphatic carbocycles. The van der Waals surface area contributed by atoms with Crippen LogP contribution in [0.3, 0.4) is 0 Å². The lowest BCUT2D eigenvalue weighted by Crippen LogP contribution is -2.26. The predicted molar refractivity (Wildman–Crippen MR) is 100 cm³/mol. The van der Waals surface area contributed by atoms with E-state index in [1.807, 2.05) is 0 Å². The molecule has 0 spiro atoms. The molecule has 0 unspecified atom stereocenters. The van der Waals surface area contributed by atoms with Gasteiger partial charge in [0.05, 0.1) is 14.2 Å². The van der Waals surface area contributed by atoms with Gasteiger partial charge in [-0.2, -0.15) is 0 Å². The van der Waals surface area contributed by atoms with Crippen LogP contribution >= 0.6 is 0 Å². The van der Waals surface area contributed by atoms with Crippen molar-refractivity contribution in [3.8, 4) is 11.5 Å². The van der Waals surface area contributed by atoms with E-state index in [1.54, 1.807) is 63.7 Å². The van der Waals surface area contributed by atoms with Gasteiger partial charge in [-0.25, -0.2) is 0 Å². The molecule has 136 valence electrons. The van der Waals surface area contributed by atoms with Gasteiger partial charge < -0.3 is 19.7 Å². The number of ether oxygens (including phenoxy) is 2. The molecule has 0 atom stereocenters. The lowest BCUT2D eigenvalue weighted by molar-refractivity contribution is -0.117. The number of carbonyl (C=O) groups excluding carboxylic acids is 2. The average molecular weight is 354 g/mol. The minimum atomic E-state index is -0.181. The standard InChI is InChI=1S/C20H22N2O4/c1-22(16-9-10-17(25-2)18(12-16)26-3)20(24)14-5-4-6-15(11-14)21-19(23)13-7-8-13/h4-6,9-13H,7-8H2,1-3H3,(H,21,23). The van der Waals surface area contributed by atoms with E-state index >= 15 is 0 Å². The van der Waals surface area contributed by atoms with E-state index in [4.69, 9.17) is 9.47 Å². The maximum atomic E-state index is 12.8. The third-order valence-corrected chi connectivity index (χ3v) is 4.38. The third kappa shape index (κ3) is 3.79. The molecule has 2 aromatic carbocycles. The Hall–Kier alpha value is -3.02. The smallest absolute Gasteiger partial charge is 0.258 e. The van der Waals surface area contributed by atoms with E-state index in [0.717, 1.165) is 12.8 Å². The van der Waals surface area contributed by atoms with Crippen molar-refractivity contribution in [2.45, 2.75) is 12.8 Å². The normalized spacial score (nSPS) is 13.0. The van der Waals surface area contributed by atoms with Crippen molar-refractivity contribution in [1.82, 2.24) is 0 Å². The van der Waals surface area contributed by atoms with Crippen molar-refractivity contribution in [3.63, 3.8) is 0 Å². The zero-order valence-corrected chi connectivity index (χ0v) is 15.1. The van der Waals surface area contributed by atoms with Crippen molar-refractivity contribution in [2.75, 3.05) is 31.5 Å². The lowest BCUT2D eigenvalue weighted by Gasteiger charge is -2.19. The molecule has 0 aromatic heterocycles. The third-order valence-electron chi connectivity index (χ3n) is 4.38. The van der Waals surface area contributed by atoms with Crippen LogP contribution in [0.15, 0.2) is 42.5 Å². The molecule has 1 N–H and O–H groups in total. The minimum absolute atomic E-state index is 0.0165. The van der Waals surface area contributed by atoms with Crippen molar-refractivity contribution in [2.24, 2.45) is 5.92 Å². The Balaban J connectivity index is 1.78. The van der Waals surface area contributed by atoms with E-state index in [-0.39, 0.29) is 17.7 Å². The van der Waals surface area contributed by atoms with Gasteiger partial charge in [0.15, 0.2) is 11.5 Å². The highest BCUT2D eigenvalue weighted by Gasteiger charge is 2.29. The molecule has 26 heavy (non-hydrogen) atoms. The first-order chi connectivity index (χ1) is 12.5. The summed E-state index contributed by atoms with van der Waals surface area (Å²) >= 11 is 0. The van der Waals surface area contributed by atoms with Crippen LogP contribution in [-0.4, -0.2) is 33.1 Å². The van der Waals surface area contributed by atoms with Gasteiger partial charge in [-0.15, -0.1) is 0 Å². The van der Waals surface area contributed by atoms with Gasteiger partial charge >= 0.3 is 0 Å². The SMILES string of the molecule is COc1ccc(N(C)C(=O)c2cccc(NC(=O)C3CC3)c2)cc1OC. The van der Waals surface area contributed by atoms with E-state index in [0.29, 0.717) is 28.4 Å². The van der Waals surface area contributed by atoms with Gasteiger partial charge in [-0.1, -0.05) is 6.07 Å². The Bertz CT molecular complexity index is 830. The van der Waals surface area contributed by atoms with E-state index in [9.17, 15) is 9.59 Å². The molecule has 1 aliphatic rings. The summed E-state index contributed by atoms with van der Waals surface area (Å²) in [5, 5.41) is 2.86. The lowest BCUT2D eigenvalue weighted by atomic mass is 10.1. The highest BCUT2D eigenvalue weighted by Crippen LogP contribution is 2.32. The summed E-state index contributed by atoms with van der Waals surface area (Å²) in [4.78, 5) is 26.3. The zero-order chi connectivity index (χ0) is 18.7. The molecule has 6 heteroatoms.